The molecule has 5 heteroatoms. The predicted molar refractivity (Wildman–Crippen MR) is 130 cm³/mol. The number of carbonyl (C=O) groups is 1. The van der Waals surface area contributed by atoms with Gasteiger partial charge in [-0.2, -0.15) is 0 Å². The Morgan fingerprint density at radius 1 is 1.09 bits per heavy atom. The monoisotopic (exact) mass is 451 g/mol. The molecular formula is C27H30ClNO3. The third-order valence-corrected chi connectivity index (χ3v) is 5.84. The van der Waals surface area contributed by atoms with Gasteiger partial charge in [0, 0.05) is 17.9 Å². The number of benzene rings is 2. The molecule has 32 heavy (non-hydrogen) atoms. The highest BCUT2D eigenvalue weighted by Gasteiger charge is 2.23. The predicted octanol–water partition coefficient (Wildman–Crippen LogP) is 6.91. The highest BCUT2D eigenvalue weighted by Crippen LogP contribution is 2.29. The molecule has 0 amide bonds. The van der Waals surface area contributed by atoms with E-state index in [0.29, 0.717) is 35.7 Å². The molecule has 1 aliphatic rings. The van der Waals surface area contributed by atoms with Crippen molar-refractivity contribution in [2.75, 3.05) is 0 Å². The van der Waals surface area contributed by atoms with E-state index in [2.05, 4.69) is 23.4 Å². The number of oxime groups is 1. The van der Waals surface area contributed by atoms with Crippen molar-refractivity contribution in [2.24, 2.45) is 5.16 Å². The molecule has 0 unspecified atom stereocenters. The van der Waals surface area contributed by atoms with Crippen LogP contribution in [0.3, 0.4) is 0 Å². The van der Waals surface area contributed by atoms with Crippen molar-refractivity contribution in [3.8, 4) is 0 Å². The van der Waals surface area contributed by atoms with Crippen LogP contribution in [0.15, 0.2) is 65.9 Å². The molecule has 1 atom stereocenters. The molecule has 0 fully saturated rings. The molecule has 1 heterocycles. The fraction of sp³-hybridized carbons (Fsp3) is 0.333. The zero-order valence-corrected chi connectivity index (χ0v) is 19.7. The van der Waals surface area contributed by atoms with Gasteiger partial charge in [0.25, 0.3) is 0 Å². The van der Waals surface area contributed by atoms with Crippen LogP contribution in [0.2, 0.25) is 5.02 Å². The number of nitrogens with zero attached hydrogens (tertiary/aromatic N) is 1. The second-order valence-electron chi connectivity index (χ2n) is 8.10. The van der Waals surface area contributed by atoms with E-state index in [1.54, 1.807) is 0 Å². The molecule has 2 aromatic rings. The molecule has 0 saturated heterocycles. The van der Waals surface area contributed by atoms with Crippen LogP contribution in [0.25, 0.3) is 0 Å². The Hall–Kier alpha value is -2.85. The average Bonchev–Trinajstić information content (AvgIpc) is 2.76. The van der Waals surface area contributed by atoms with Crippen molar-refractivity contribution in [1.29, 1.82) is 0 Å². The summed E-state index contributed by atoms with van der Waals surface area (Å²) in [6, 6.07) is 11.8. The van der Waals surface area contributed by atoms with E-state index >= 15 is 0 Å². The number of hydrogen-bond acceptors (Lipinski definition) is 4. The molecule has 0 saturated carbocycles. The molecule has 4 nitrogen and oxygen atoms in total. The van der Waals surface area contributed by atoms with E-state index < -0.39 is 0 Å². The first kappa shape index (κ1) is 23.8. The number of carbonyl (C=O) groups excluding carboxylic acids is 1. The number of hydrogen-bond donors (Lipinski definition) is 0. The number of cyclic esters (lactones) is 1. The van der Waals surface area contributed by atoms with Gasteiger partial charge in [-0.1, -0.05) is 71.4 Å². The Morgan fingerprint density at radius 2 is 1.84 bits per heavy atom. The molecule has 0 aliphatic carbocycles. The van der Waals surface area contributed by atoms with Crippen molar-refractivity contribution in [3.05, 3.63) is 93.5 Å². The van der Waals surface area contributed by atoms with Crippen LogP contribution < -0.4 is 0 Å². The number of allylic oxidation sites excluding steroid dienone is 3. The van der Waals surface area contributed by atoms with Crippen LogP contribution in [0.1, 0.15) is 58.8 Å². The third-order valence-electron chi connectivity index (χ3n) is 5.31. The highest BCUT2D eigenvalue weighted by atomic mass is 35.5. The van der Waals surface area contributed by atoms with Crippen molar-refractivity contribution in [2.45, 2.75) is 59.2 Å². The molecule has 0 bridgehead atoms. The quantitative estimate of drug-likeness (QED) is 0.289. The lowest BCUT2D eigenvalue weighted by atomic mass is 9.94. The van der Waals surface area contributed by atoms with Gasteiger partial charge in [0.15, 0.2) is 0 Å². The SMILES string of the molecule is Cc1cc(C)c2c(c1Cl)CC(=NOCc1ccccc1)/C=C/CC/C=C/C[C@@H](C)OC2=O. The minimum atomic E-state index is -0.356. The van der Waals surface area contributed by atoms with Crippen molar-refractivity contribution in [3.63, 3.8) is 0 Å². The van der Waals surface area contributed by atoms with Crippen LogP contribution in [0.5, 0.6) is 0 Å². The van der Waals surface area contributed by atoms with Crippen molar-refractivity contribution in [1.82, 2.24) is 0 Å². The first-order valence-corrected chi connectivity index (χ1v) is 11.4. The molecule has 0 spiro atoms. The third kappa shape index (κ3) is 6.57. The van der Waals surface area contributed by atoms with Gasteiger partial charge in [-0.3, -0.25) is 0 Å². The Kier molecular flexibility index (Phi) is 8.69. The topological polar surface area (TPSA) is 47.9 Å². The Labute approximate surface area is 195 Å². The average molecular weight is 452 g/mol. The Morgan fingerprint density at radius 3 is 2.62 bits per heavy atom. The summed E-state index contributed by atoms with van der Waals surface area (Å²) < 4.78 is 5.73. The molecular weight excluding hydrogens is 422 g/mol. The Balaban J connectivity index is 1.97. The zero-order chi connectivity index (χ0) is 22.9. The Bertz CT molecular complexity index is 1020. The van der Waals surface area contributed by atoms with Gasteiger partial charge in [0.2, 0.25) is 0 Å². The lowest BCUT2D eigenvalue weighted by Crippen LogP contribution is -2.19. The second-order valence-corrected chi connectivity index (χ2v) is 8.48. The highest BCUT2D eigenvalue weighted by molar-refractivity contribution is 6.33. The number of rotatable bonds is 3. The van der Waals surface area contributed by atoms with E-state index in [0.717, 1.165) is 35.1 Å². The van der Waals surface area contributed by atoms with E-state index in [1.165, 1.54) is 0 Å². The van der Waals surface area contributed by atoms with Crippen molar-refractivity contribution >= 4 is 23.3 Å². The van der Waals surface area contributed by atoms with E-state index in [1.807, 2.05) is 63.2 Å². The number of fused-ring (bicyclic) bond motifs is 1. The maximum Gasteiger partial charge on any atom is 0.339 e. The lowest BCUT2D eigenvalue weighted by Gasteiger charge is -2.18. The minimum absolute atomic E-state index is 0.216. The van der Waals surface area contributed by atoms with Gasteiger partial charge >= 0.3 is 5.97 Å². The minimum Gasteiger partial charge on any atom is -0.459 e. The summed E-state index contributed by atoms with van der Waals surface area (Å²) in [6.45, 7) is 6.13. The number of halogens is 1. The van der Waals surface area contributed by atoms with Crippen LogP contribution in [0, 0.1) is 13.8 Å². The summed E-state index contributed by atoms with van der Waals surface area (Å²) in [4.78, 5) is 18.7. The van der Waals surface area contributed by atoms with Crippen LogP contribution in [0.4, 0.5) is 0 Å². The van der Waals surface area contributed by atoms with Crippen molar-refractivity contribution < 1.29 is 14.4 Å². The maximum atomic E-state index is 13.1. The largest absolute Gasteiger partial charge is 0.459 e. The van der Waals surface area contributed by atoms with Crippen LogP contribution >= 0.6 is 11.6 Å². The first-order valence-electron chi connectivity index (χ1n) is 11.0. The van der Waals surface area contributed by atoms with Gasteiger partial charge in [-0.25, -0.2) is 4.79 Å². The molecule has 0 radical (unpaired) electrons. The van der Waals surface area contributed by atoms with Gasteiger partial charge in [-0.15, -0.1) is 0 Å². The summed E-state index contributed by atoms with van der Waals surface area (Å²) >= 11 is 6.69. The van der Waals surface area contributed by atoms with Gasteiger partial charge < -0.3 is 9.57 Å². The van der Waals surface area contributed by atoms with Gasteiger partial charge in [0.1, 0.15) is 12.7 Å². The van der Waals surface area contributed by atoms with Crippen LogP contribution in [-0.4, -0.2) is 17.8 Å². The molecule has 2 aromatic carbocycles. The number of esters is 1. The fourth-order valence-corrected chi connectivity index (χ4v) is 3.89. The lowest BCUT2D eigenvalue weighted by molar-refractivity contribution is 0.0346. The molecule has 0 N–H and O–H groups in total. The summed E-state index contributed by atoms with van der Waals surface area (Å²) in [6.07, 6.45) is 10.8. The summed E-state index contributed by atoms with van der Waals surface area (Å²) in [5, 5.41) is 4.95. The molecule has 3 rings (SSSR count). The van der Waals surface area contributed by atoms with E-state index in [4.69, 9.17) is 21.2 Å². The van der Waals surface area contributed by atoms with E-state index in [9.17, 15) is 4.79 Å². The smallest absolute Gasteiger partial charge is 0.339 e. The molecule has 168 valence electrons. The number of ether oxygens (including phenoxy) is 1. The van der Waals surface area contributed by atoms with E-state index in [-0.39, 0.29) is 12.1 Å². The second kappa shape index (κ2) is 11.7. The van der Waals surface area contributed by atoms with Gasteiger partial charge in [-0.05, 0) is 61.9 Å². The normalized spacial score (nSPS) is 20.7. The summed E-state index contributed by atoms with van der Waals surface area (Å²) in [5.74, 6) is -0.356. The number of aryl methyl sites for hydroxylation is 2. The first-order chi connectivity index (χ1) is 15.5. The standard InChI is InChI=1S/C27H30ClNO3/c1-19-16-20(2)26(28)24-17-23(29-31-18-22-13-9-7-10-14-22)15-11-6-4-5-8-12-21(3)32-27(30)25(19)24/h5,7-11,13-16,21H,4,6,12,17-18H2,1-3H3/b8-5+,15-11+,29-23?/t21-/m1/s1. The van der Waals surface area contributed by atoms with Gasteiger partial charge in [0.05, 0.1) is 11.3 Å². The summed E-state index contributed by atoms with van der Waals surface area (Å²) in [7, 11) is 0. The maximum absolute atomic E-state index is 13.1. The molecule has 1 aliphatic heterocycles. The summed E-state index contributed by atoms with van der Waals surface area (Å²) in [5.41, 5.74) is 4.74. The molecule has 0 aromatic heterocycles. The zero-order valence-electron chi connectivity index (χ0n) is 18.9. The fourth-order valence-electron chi connectivity index (χ4n) is 3.67. The van der Waals surface area contributed by atoms with Crippen LogP contribution in [-0.2, 0) is 22.6 Å².